The SMILES string of the molecule is COC(=O)CCC/C=C(\c1ccc(N=C(NC#N)Oc2ccccc2)cc1)c1cccnc1. The fraction of sp³-hybridized carbons (Fsp3) is 0.154. The predicted octanol–water partition coefficient (Wildman–Crippen LogP) is 4.99. The van der Waals surface area contributed by atoms with Gasteiger partial charge >= 0.3 is 12.0 Å². The third-order valence-electron chi connectivity index (χ3n) is 4.66. The van der Waals surface area contributed by atoms with Crippen molar-refractivity contribution in [1.82, 2.24) is 10.3 Å². The smallest absolute Gasteiger partial charge is 0.309 e. The highest BCUT2D eigenvalue weighted by molar-refractivity contribution is 5.82. The fourth-order valence-electron chi connectivity index (χ4n) is 3.08. The zero-order valence-electron chi connectivity index (χ0n) is 18.3. The van der Waals surface area contributed by atoms with Gasteiger partial charge in [-0.25, -0.2) is 5.32 Å². The third-order valence-corrected chi connectivity index (χ3v) is 4.66. The second-order valence-corrected chi connectivity index (χ2v) is 6.94. The number of carbonyl (C=O) groups excluding carboxylic acids is 1. The summed E-state index contributed by atoms with van der Waals surface area (Å²) in [4.78, 5) is 20.0. The predicted molar refractivity (Wildman–Crippen MR) is 127 cm³/mol. The molecule has 0 radical (unpaired) electrons. The molecular formula is C26H24N4O3. The molecule has 0 amide bonds. The van der Waals surface area contributed by atoms with Gasteiger partial charge in [0.2, 0.25) is 0 Å². The lowest BCUT2D eigenvalue weighted by Gasteiger charge is -2.10. The molecule has 0 unspecified atom stereocenters. The number of rotatable bonds is 8. The van der Waals surface area contributed by atoms with Gasteiger partial charge in [0.1, 0.15) is 5.75 Å². The zero-order chi connectivity index (χ0) is 23.3. The average molecular weight is 441 g/mol. The molecule has 1 aromatic heterocycles. The van der Waals surface area contributed by atoms with Gasteiger partial charge in [-0.2, -0.15) is 10.3 Å². The molecule has 0 bridgehead atoms. The Morgan fingerprint density at radius 2 is 1.88 bits per heavy atom. The minimum Gasteiger partial charge on any atom is -0.469 e. The summed E-state index contributed by atoms with van der Waals surface area (Å²) in [6.07, 6.45) is 9.27. The van der Waals surface area contributed by atoms with E-state index in [1.165, 1.54) is 7.11 Å². The van der Waals surface area contributed by atoms with Crippen LogP contribution in [0.5, 0.6) is 5.75 Å². The number of pyridine rings is 1. The number of methoxy groups -OCH3 is 1. The van der Waals surface area contributed by atoms with Crippen molar-refractivity contribution in [2.45, 2.75) is 19.3 Å². The van der Waals surface area contributed by atoms with Crippen LogP contribution in [0, 0.1) is 11.5 Å². The van der Waals surface area contributed by atoms with E-state index in [0.29, 0.717) is 24.3 Å². The van der Waals surface area contributed by atoms with Crippen molar-refractivity contribution < 1.29 is 14.3 Å². The van der Waals surface area contributed by atoms with Crippen LogP contribution in [0.15, 0.2) is 90.2 Å². The molecule has 0 fully saturated rings. The van der Waals surface area contributed by atoms with Crippen molar-refractivity contribution in [3.05, 3.63) is 96.3 Å². The van der Waals surface area contributed by atoms with Gasteiger partial charge in [-0.3, -0.25) is 9.78 Å². The van der Waals surface area contributed by atoms with Crippen molar-refractivity contribution in [2.75, 3.05) is 7.11 Å². The Kier molecular flexibility index (Phi) is 8.74. The lowest BCUT2D eigenvalue weighted by atomic mass is 9.97. The van der Waals surface area contributed by atoms with E-state index < -0.39 is 0 Å². The normalized spacial score (nSPS) is 11.4. The molecular weight excluding hydrogens is 416 g/mol. The highest BCUT2D eigenvalue weighted by atomic mass is 16.5. The van der Waals surface area contributed by atoms with Crippen LogP contribution in [-0.2, 0) is 9.53 Å². The highest BCUT2D eigenvalue weighted by Gasteiger charge is 2.07. The first-order valence-corrected chi connectivity index (χ1v) is 10.4. The molecule has 0 saturated heterocycles. The number of ether oxygens (including phenoxy) is 2. The Bertz CT molecular complexity index is 1140. The molecule has 2 aromatic carbocycles. The second-order valence-electron chi connectivity index (χ2n) is 6.94. The molecule has 166 valence electrons. The minimum atomic E-state index is -0.215. The first-order valence-electron chi connectivity index (χ1n) is 10.4. The van der Waals surface area contributed by atoms with Crippen LogP contribution in [0.2, 0.25) is 0 Å². The number of aliphatic imine (C=N–C) groups is 1. The average Bonchev–Trinajstić information content (AvgIpc) is 2.86. The summed E-state index contributed by atoms with van der Waals surface area (Å²) in [6.45, 7) is 0. The molecule has 0 aliphatic rings. The Morgan fingerprint density at radius 3 is 2.55 bits per heavy atom. The lowest BCUT2D eigenvalue weighted by molar-refractivity contribution is -0.140. The number of carbonyl (C=O) groups is 1. The Balaban J connectivity index is 1.81. The van der Waals surface area contributed by atoms with Gasteiger partial charge in [-0.05, 0) is 54.3 Å². The van der Waals surface area contributed by atoms with Gasteiger partial charge < -0.3 is 9.47 Å². The molecule has 0 atom stereocenters. The molecule has 0 spiro atoms. The van der Waals surface area contributed by atoms with E-state index in [2.05, 4.69) is 21.4 Å². The van der Waals surface area contributed by atoms with E-state index >= 15 is 0 Å². The molecule has 7 nitrogen and oxygen atoms in total. The number of aromatic nitrogens is 1. The zero-order valence-corrected chi connectivity index (χ0v) is 18.3. The maximum absolute atomic E-state index is 11.4. The van der Waals surface area contributed by atoms with Gasteiger partial charge in [0.25, 0.3) is 0 Å². The quantitative estimate of drug-likeness (QED) is 0.132. The summed E-state index contributed by atoms with van der Waals surface area (Å²) in [6, 6.07) is 20.7. The van der Waals surface area contributed by atoms with E-state index in [4.69, 9.17) is 14.7 Å². The fourth-order valence-corrected chi connectivity index (χ4v) is 3.08. The molecule has 1 heterocycles. The molecule has 0 aliphatic heterocycles. The van der Waals surface area contributed by atoms with Crippen LogP contribution < -0.4 is 10.1 Å². The van der Waals surface area contributed by atoms with E-state index in [1.54, 1.807) is 24.5 Å². The first-order chi connectivity index (χ1) is 16.2. The number of hydrogen-bond donors (Lipinski definition) is 1. The van der Waals surface area contributed by atoms with Crippen LogP contribution >= 0.6 is 0 Å². The van der Waals surface area contributed by atoms with Crippen molar-refractivity contribution >= 4 is 23.3 Å². The van der Waals surface area contributed by atoms with Crippen molar-refractivity contribution in [1.29, 1.82) is 5.26 Å². The van der Waals surface area contributed by atoms with Crippen LogP contribution in [0.3, 0.4) is 0 Å². The molecule has 0 saturated carbocycles. The van der Waals surface area contributed by atoms with Crippen molar-refractivity contribution in [2.24, 2.45) is 4.99 Å². The number of allylic oxidation sites excluding steroid dienone is 1. The number of hydrogen-bond acceptors (Lipinski definition) is 6. The molecule has 3 aromatic rings. The van der Waals surface area contributed by atoms with Crippen LogP contribution in [0.4, 0.5) is 5.69 Å². The monoisotopic (exact) mass is 440 g/mol. The maximum atomic E-state index is 11.4. The summed E-state index contributed by atoms with van der Waals surface area (Å²) in [5.41, 5.74) is 3.60. The summed E-state index contributed by atoms with van der Waals surface area (Å²) in [5.74, 6) is 0.359. The van der Waals surface area contributed by atoms with Crippen LogP contribution in [0.25, 0.3) is 5.57 Å². The summed E-state index contributed by atoms with van der Waals surface area (Å²) in [5, 5.41) is 11.5. The highest BCUT2D eigenvalue weighted by Crippen LogP contribution is 2.26. The van der Waals surface area contributed by atoms with E-state index in [0.717, 1.165) is 23.1 Å². The number of nitriles is 1. The topological polar surface area (TPSA) is 96.6 Å². The van der Waals surface area contributed by atoms with Crippen molar-refractivity contribution in [3.8, 4) is 11.9 Å². The number of unbranched alkanes of at least 4 members (excludes halogenated alkanes) is 1. The number of para-hydroxylation sites is 1. The number of nitrogens with one attached hydrogen (secondary N) is 1. The molecule has 7 heteroatoms. The Labute approximate surface area is 193 Å². The Hall–Kier alpha value is -4.44. The molecule has 33 heavy (non-hydrogen) atoms. The lowest BCUT2D eigenvalue weighted by Crippen LogP contribution is -2.23. The molecule has 3 rings (SSSR count). The minimum absolute atomic E-state index is 0.0854. The van der Waals surface area contributed by atoms with Gasteiger partial charge in [0.05, 0.1) is 12.8 Å². The third kappa shape index (κ3) is 7.33. The number of benzene rings is 2. The van der Waals surface area contributed by atoms with Gasteiger partial charge in [-0.1, -0.05) is 42.5 Å². The standard InChI is InChI=1S/C26H24N4O3/c1-32-25(31)12-6-5-11-24(21-8-7-17-28-18-21)20-13-15-22(16-14-20)30-26(29-19-27)33-23-9-3-2-4-10-23/h2-4,7-11,13-18H,5-6,12H2,1H3,(H,29,30)/b24-11+. The molecule has 1 N–H and O–H groups in total. The van der Waals surface area contributed by atoms with Crippen LogP contribution in [-0.4, -0.2) is 24.1 Å². The number of nitrogens with zero attached hydrogens (tertiary/aromatic N) is 3. The first kappa shape index (κ1) is 23.2. The largest absolute Gasteiger partial charge is 0.469 e. The number of amidine groups is 1. The van der Waals surface area contributed by atoms with E-state index in [-0.39, 0.29) is 12.0 Å². The maximum Gasteiger partial charge on any atom is 0.309 e. The second kappa shape index (κ2) is 12.4. The van der Waals surface area contributed by atoms with Crippen LogP contribution in [0.1, 0.15) is 30.4 Å². The summed E-state index contributed by atoms with van der Waals surface area (Å²) < 4.78 is 10.4. The summed E-state index contributed by atoms with van der Waals surface area (Å²) in [7, 11) is 1.39. The van der Waals surface area contributed by atoms with Gasteiger partial charge in [-0.15, -0.1) is 0 Å². The van der Waals surface area contributed by atoms with Gasteiger partial charge in [0.15, 0.2) is 6.19 Å². The van der Waals surface area contributed by atoms with E-state index in [9.17, 15) is 4.79 Å². The number of esters is 1. The Morgan fingerprint density at radius 1 is 1.09 bits per heavy atom. The van der Waals surface area contributed by atoms with Gasteiger partial charge in [0, 0.05) is 24.4 Å². The molecule has 0 aliphatic carbocycles. The van der Waals surface area contributed by atoms with Crippen molar-refractivity contribution in [3.63, 3.8) is 0 Å². The van der Waals surface area contributed by atoms with E-state index in [1.807, 2.05) is 60.8 Å². The summed E-state index contributed by atoms with van der Waals surface area (Å²) >= 11 is 0.